The van der Waals surface area contributed by atoms with Crippen molar-refractivity contribution in [1.82, 2.24) is 0 Å². The molecule has 7 nitrogen and oxygen atoms in total. The van der Waals surface area contributed by atoms with Crippen molar-refractivity contribution in [3.05, 3.63) is 64.7 Å². The summed E-state index contributed by atoms with van der Waals surface area (Å²) in [7, 11) is 0. The van der Waals surface area contributed by atoms with Gasteiger partial charge in [0.2, 0.25) is 5.91 Å². The van der Waals surface area contributed by atoms with Crippen LogP contribution in [0, 0.1) is 0 Å². The summed E-state index contributed by atoms with van der Waals surface area (Å²) in [4.78, 5) is 47.7. The van der Waals surface area contributed by atoms with E-state index in [1.165, 1.54) is 31.2 Å². The maximum atomic E-state index is 12.5. The van der Waals surface area contributed by atoms with Crippen LogP contribution in [-0.4, -0.2) is 29.7 Å². The molecule has 2 aromatic carbocycles. The number of primary amides is 1. The number of anilines is 1. The number of nitrogens with one attached hydrogen (secondary N) is 1. The van der Waals surface area contributed by atoms with Crippen LogP contribution in [-0.2, 0) is 27.2 Å². The molecule has 1 aliphatic carbocycles. The molecule has 3 N–H and O–H groups in total. The average Bonchev–Trinajstić information content (AvgIpc) is 2.67. The molecule has 0 saturated heterocycles. The van der Waals surface area contributed by atoms with Crippen LogP contribution in [0.4, 0.5) is 5.69 Å². The van der Waals surface area contributed by atoms with Crippen LogP contribution in [0.25, 0.3) is 0 Å². The van der Waals surface area contributed by atoms with Gasteiger partial charge in [-0.15, -0.1) is 0 Å². The largest absolute Gasteiger partial charge is 0.449 e. The van der Waals surface area contributed by atoms with E-state index in [4.69, 9.17) is 10.5 Å². The molecular weight excluding hydrogens is 360 g/mol. The van der Waals surface area contributed by atoms with E-state index in [-0.39, 0.29) is 12.2 Å². The molecule has 0 radical (unpaired) electrons. The number of fused-ring (bicyclic) bond motifs is 1. The summed E-state index contributed by atoms with van der Waals surface area (Å²) >= 11 is 0. The van der Waals surface area contributed by atoms with E-state index in [1.54, 1.807) is 12.1 Å². The molecule has 0 saturated carbocycles. The van der Waals surface area contributed by atoms with Gasteiger partial charge in [-0.2, -0.15) is 0 Å². The first kappa shape index (κ1) is 19.3. The molecule has 1 atom stereocenters. The Morgan fingerprint density at radius 2 is 1.79 bits per heavy atom. The van der Waals surface area contributed by atoms with Gasteiger partial charge in [-0.3, -0.25) is 14.4 Å². The molecule has 28 heavy (non-hydrogen) atoms. The maximum Gasteiger partial charge on any atom is 0.339 e. The molecule has 0 fully saturated rings. The van der Waals surface area contributed by atoms with Crippen molar-refractivity contribution in [1.29, 1.82) is 0 Å². The molecule has 0 heterocycles. The second-order valence-corrected chi connectivity index (χ2v) is 6.64. The molecule has 0 bridgehead atoms. The van der Waals surface area contributed by atoms with Gasteiger partial charge >= 0.3 is 5.97 Å². The van der Waals surface area contributed by atoms with Gasteiger partial charge in [-0.1, -0.05) is 12.1 Å². The highest BCUT2D eigenvalue weighted by Crippen LogP contribution is 2.24. The number of rotatable bonds is 5. The van der Waals surface area contributed by atoms with Gasteiger partial charge in [0, 0.05) is 24.1 Å². The topological polar surface area (TPSA) is 116 Å². The van der Waals surface area contributed by atoms with Crippen molar-refractivity contribution in [2.75, 3.05) is 5.32 Å². The van der Waals surface area contributed by atoms with Gasteiger partial charge < -0.3 is 15.8 Å². The molecule has 0 spiro atoms. The van der Waals surface area contributed by atoms with E-state index in [0.717, 1.165) is 5.56 Å². The van der Waals surface area contributed by atoms with Crippen molar-refractivity contribution < 1.29 is 23.9 Å². The summed E-state index contributed by atoms with van der Waals surface area (Å²) in [5.74, 6) is -1.64. The molecule has 1 aliphatic rings. The molecule has 1 unspecified atom stereocenters. The third-order valence-corrected chi connectivity index (χ3v) is 4.63. The predicted molar refractivity (Wildman–Crippen MR) is 102 cm³/mol. The second-order valence-electron chi connectivity index (χ2n) is 6.64. The lowest BCUT2D eigenvalue weighted by atomic mass is 9.87. The number of carbonyl (C=O) groups is 4. The summed E-state index contributed by atoms with van der Waals surface area (Å²) in [6.45, 7) is 1.46. The second kappa shape index (κ2) is 8.04. The Morgan fingerprint density at radius 1 is 1.07 bits per heavy atom. The highest BCUT2D eigenvalue weighted by atomic mass is 16.5. The molecule has 2 aromatic rings. The number of aryl methyl sites for hydroxylation is 1. The fraction of sp³-hybridized carbons (Fsp3) is 0.238. The lowest BCUT2D eigenvalue weighted by Gasteiger charge is -2.19. The molecule has 2 amide bonds. The van der Waals surface area contributed by atoms with Gasteiger partial charge in [0.1, 0.15) is 5.78 Å². The van der Waals surface area contributed by atoms with Crippen LogP contribution >= 0.6 is 0 Å². The van der Waals surface area contributed by atoms with Crippen LogP contribution in [0.5, 0.6) is 0 Å². The van der Waals surface area contributed by atoms with Crippen molar-refractivity contribution in [3.8, 4) is 0 Å². The van der Waals surface area contributed by atoms with Gasteiger partial charge in [-0.25, -0.2) is 4.79 Å². The number of hydrogen-bond donors (Lipinski definition) is 2. The lowest BCUT2D eigenvalue weighted by Crippen LogP contribution is -2.30. The minimum atomic E-state index is -1.04. The van der Waals surface area contributed by atoms with Crippen molar-refractivity contribution in [2.45, 2.75) is 32.3 Å². The van der Waals surface area contributed by atoms with Crippen LogP contribution < -0.4 is 11.1 Å². The Balaban J connectivity index is 1.66. The number of Topliss-reactive ketones (excluding diaryl/α,β-unsaturated/α-hetero) is 1. The fourth-order valence-electron chi connectivity index (χ4n) is 3.07. The third-order valence-electron chi connectivity index (χ3n) is 4.63. The smallest absolute Gasteiger partial charge is 0.339 e. The van der Waals surface area contributed by atoms with Gasteiger partial charge in [0.05, 0.1) is 5.56 Å². The SMILES string of the molecule is CC(OC(=O)c1cccc2c1CC(=O)CC2)C(=O)Nc1ccc(C(N)=O)cc1. The number of nitrogens with two attached hydrogens (primary N) is 1. The van der Waals surface area contributed by atoms with E-state index < -0.39 is 23.9 Å². The van der Waals surface area contributed by atoms with E-state index in [1.807, 2.05) is 6.07 Å². The summed E-state index contributed by atoms with van der Waals surface area (Å²) in [5, 5.41) is 2.61. The number of ketones is 1. The van der Waals surface area contributed by atoms with Crippen molar-refractivity contribution >= 4 is 29.3 Å². The number of carbonyl (C=O) groups excluding carboxylic acids is 4. The van der Waals surface area contributed by atoms with Crippen molar-refractivity contribution in [2.24, 2.45) is 5.73 Å². The summed E-state index contributed by atoms with van der Waals surface area (Å²) in [5.41, 5.74) is 7.89. The van der Waals surface area contributed by atoms with Crippen LogP contribution in [0.1, 0.15) is 45.2 Å². The Labute approximate surface area is 161 Å². The van der Waals surface area contributed by atoms with E-state index in [9.17, 15) is 19.2 Å². The first-order valence-corrected chi connectivity index (χ1v) is 8.89. The number of amides is 2. The third kappa shape index (κ3) is 4.25. The Bertz CT molecular complexity index is 950. The van der Waals surface area contributed by atoms with Crippen LogP contribution in [0.3, 0.4) is 0 Å². The van der Waals surface area contributed by atoms with E-state index >= 15 is 0 Å². The molecular formula is C21H20N2O5. The molecule has 3 rings (SSSR count). The monoisotopic (exact) mass is 380 g/mol. The molecule has 144 valence electrons. The van der Waals surface area contributed by atoms with E-state index in [0.29, 0.717) is 35.2 Å². The minimum absolute atomic E-state index is 0.0814. The molecule has 0 aliphatic heterocycles. The standard InChI is InChI=1S/C21H20N2O5/c1-12(20(26)23-15-8-5-14(6-9-15)19(22)25)28-21(27)17-4-2-3-13-7-10-16(24)11-18(13)17/h2-6,8-9,12H,7,10-11H2,1H3,(H2,22,25)(H,23,26). The summed E-state index contributed by atoms with van der Waals surface area (Å²) < 4.78 is 5.30. The van der Waals surface area contributed by atoms with Crippen LogP contribution in [0.15, 0.2) is 42.5 Å². The number of hydrogen-bond acceptors (Lipinski definition) is 5. The predicted octanol–water partition coefficient (Wildman–Crippen LogP) is 2.03. The number of benzene rings is 2. The van der Waals surface area contributed by atoms with Gasteiger partial charge in [-0.05, 0) is 54.8 Å². The lowest BCUT2D eigenvalue weighted by molar-refractivity contribution is -0.124. The quantitative estimate of drug-likeness (QED) is 0.770. The zero-order valence-corrected chi connectivity index (χ0v) is 15.4. The van der Waals surface area contributed by atoms with E-state index in [2.05, 4.69) is 5.32 Å². The highest BCUT2D eigenvalue weighted by molar-refractivity contribution is 5.99. The fourth-order valence-corrected chi connectivity index (χ4v) is 3.07. The maximum absolute atomic E-state index is 12.5. The van der Waals surface area contributed by atoms with Crippen LogP contribution in [0.2, 0.25) is 0 Å². The zero-order chi connectivity index (χ0) is 20.3. The van der Waals surface area contributed by atoms with Crippen molar-refractivity contribution in [3.63, 3.8) is 0 Å². The molecule has 0 aromatic heterocycles. The first-order chi connectivity index (χ1) is 13.3. The number of esters is 1. The summed E-state index contributed by atoms with van der Waals surface area (Å²) in [6, 6.07) is 11.3. The highest BCUT2D eigenvalue weighted by Gasteiger charge is 2.25. The molecule has 7 heteroatoms. The Morgan fingerprint density at radius 3 is 2.46 bits per heavy atom. The number of ether oxygens (including phenoxy) is 1. The minimum Gasteiger partial charge on any atom is -0.449 e. The summed E-state index contributed by atoms with van der Waals surface area (Å²) in [6.07, 6.45) is 0.234. The Hall–Kier alpha value is -3.48. The van der Waals surface area contributed by atoms with Gasteiger partial charge in [0.25, 0.3) is 5.91 Å². The normalized spacial score (nSPS) is 14.0. The van der Waals surface area contributed by atoms with Gasteiger partial charge in [0.15, 0.2) is 6.10 Å². The Kier molecular flexibility index (Phi) is 5.54. The first-order valence-electron chi connectivity index (χ1n) is 8.89. The average molecular weight is 380 g/mol. The zero-order valence-electron chi connectivity index (χ0n) is 15.4.